The lowest BCUT2D eigenvalue weighted by Crippen LogP contribution is -2.37. The van der Waals surface area contributed by atoms with Gasteiger partial charge in [0, 0.05) is 45.0 Å². The normalized spacial score (nSPS) is 10.8. The third kappa shape index (κ3) is 10.9. The SMILES string of the molecule is CCNC(=NCCCn1cccn1)NCCCCC(=O)OC.I. The van der Waals surface area contributed by atoms with Crippen molar-refractivity contribution in [2.45, 2.75) is 39.2 Å². The molecule has 0 radical (unpaired) electrons. The van der Waals surface area contributed by atoms with E-state index in [9.17, 15) is 4.79 Å². The number of unbranched alkanes of at least 4 members (excludes halogenated alkanes) is 1. The number of aryl methyl sites for hydroxylation is 1. The molecule has 0 spiro atoms. The molecule has 1 aromatic rings. The number of nitrogens with one attached hydrogen (secondary N) is 2. The second-order valence-electron chi connectivity index (χ2n) is 4.84. The van der Waals surface area contributed by atoms with Crippen LogP contribution in [-0.4, -0.2) is 48.5 Å². The van der Waals surface area contributed by atoms with Crippen molar-refractivity contribution in [2.24, 2.45) is 4.99 Å². The van der Waals surface area contributed by atoms with Crippen LogP contribution in [0.5, 0.6) is 0 Å². The Labute approximate surface area is 155 Å². The number of esters is 1. The Morgan fingerprint density at radius 1 is 1.30 bits per heavy atom. The summed E-state index contributed by atoms with van der Waals surface area (Å²) >= 11 is 0. The maximum absolute atomic E-state index is 11.0. The van der Waals surface area contributed by atoms with Gasteiger partial charge in [0.05, 0.1) is 7.11 Å². The maximum Gasteiger partial charge on any atom is 0.305 e. The first kappa shape index (κ1) is 21.7. The Balaban J connectivity index is 0.00000484. The number of ether oxygens (including phenoxy) is 1. The first-order chi connectivity index (χ1) is 10.8. The molecule has 0 unspecified atom stereocenters. The molecule has 0 fully saturated rings. The monoisotopic (exact) mass is 437 g/mol. The van der Waals surface area contributed by atoms with Gasteiger partial charge in [-0.3, -0.25) is 14.5 Å². The molecule has 23 heavy (non-hydrogen) atoms. The highest BCUT2D eigenvalue weighted by molar-refractivity contribution is 14.0. The van der Waals surface area contributed by atoms with E-state index in [1.165, 1.54) is 7.11 Å². The minimum atomic E-state index is -0.154. The molecule has 0 aliphatic heterocycles. The molecule has 7 nitrogen and oxygen atoms in total. The summed E-state index contributed by atoms with van der Waals surface area (Å²) in [4.78, 5) is 15.5. The van der Waals surface area contributed by atoms with Gasteiger partial charge in [-0.05, 0) is 32.3 Å². The molecule has 2 N–H and O–H groups in total. The van der Waals surface area contributed by atoms with E-state index in [0.717, 1.165) is 51.4 Å². The standard InChI is InChI=1S/C15H27N5O2.HI/c1-3-16-15(17-9-5-4-8-14(21)22-2)18-10-6-12-20-13-7-11-19-20;/h7,11,13H,3-6,8-10,12H2,1-2H3,(H2,16,17,18);1H. The number of hydrogen-bond acceptors (Lipinski definition) is 4. The number of methoxy groups -OCH3 is 1. The Morgan fingerprint density at radius 2 is 2.13 bits per heavy atom. The molecule has 0 amide bonds. The molecule has 0 saturated carbocycles. The summed E-state index contributed by atoms with van der Waals surface area (Å²) in [6, 6.07) is 1.92. The van der Waals surface area contributed by atoms with Crippen LogP contribution in [0.15, 0.2) is 23.5 Å². The lowest BCUT2D eigenvalue weighted by atomic mass is 10.2. The minimum absolute atomic E-state index is 0. The van der Waals surface area contributed by atoms with Crippen molar-refractivity contribution in [3.8, 4) is 0 Å². The molecule has 0 aromatic carbocycles. The molecule has 132 valence electrons. The van der Waals surface area contributed by atoms with E-state index in [2.05, 4.69) is 25.5 Å². The number of aliphatic imine (C=N–C) groups is 1. The van der Waals surface area contributed by atoms with Crippen molar-refractivity contribution in [1.29, 1.82) is 0 Å². The van der Waals surface area contributed by atoms with Crippen molar-refractivity contribution in [1.82, 2.24) is 20.4 Å². The summed E-state index contributed by atoms with van der Waals surface area (Å²) < 4.78 is 6.52. The van der Waals surface area contributed by atoms with Gasteiger partial charge in [-0.1, -0.05) is 0 Å². The Hall–Kier alpha value is -1.32. The van der Waals surface area contributed by atoms with Crippen LogP contribution in [-0.2, 0) is 16.1 Å². The number of aromatic nitrogens is 2. The number of hydrogen-bond donors (Lipinski definition) is 2. The van der Waals surface area contributed by atoms with E-state index in [-0.39, 0.29) is 29.9 Å². The van der Waals surface area contributed by atoms with Gasteiger partial charge < -0.3 is 15.4 Å². The second-order valence-corrected chi connectivity index (χ2v) is 4.84. The van der Waals surface area contributed by atoms with Gasteiger partial charge in [-0.2, -0.15) is 5.10 Å². The average Bonchev–Trinajstić information content (AvgIpc) is 3.04. The number of rotatable bonds is 10. The molecule has 0 aliphatic carbocycles. The number of carbonyl (C=O) groups excluding carboxylic acids is 1. The van der Waals surface area contributed by atoms with Gasteiger partial charge in [-0.25, -0.2) is 0 Å². The molecule has 1 aromatic heterocycles. The third-order valence-electron chi connectivity index (χ3n) is 3.05. The Morgan fingerprint density at radius 3 is 2.78 bits per heavy atom. The van der Waals surface area contributed by atoms with Crippen LogP contribution >= 0.6 is 24.0 Å². The summed E-state index contributed by atoms with van der Waals surface area (Å²) in [7, 11) is 1.42. The highest BCUT2D eigenvalue weighted by Crippen LogP contribution is 1.96. The predicted octanol–water partition coefficient (Wildman–Crippen LogP) is 1.79. The molecule has 0 aliphatic rings. The lowest BCUT2D eigenvalue weighted by Gasteiger charge is -2.11. The zero-order valence-electron chi connectivity index (χ0n) is 14.0. The van der Waals surface area contributed by atoms with Crippen LogP contribution < -0.4 is 10.6 Å². The molecule has 1 heterocycles. The van der Waals surface area contributed by atoms with Crippen molar-refractivity contribution in [3.05, 3.63) is 18.5 Å². The van der Waals surface area contributed by atoms with E-state index in [1.54, 1.807) is 6.20 Å². The predicted molar refractivity (Wildman–Crippen MR) is 102 cm³/mol. The molecular weight excluding hydrogens is 409 g/mol. The van der Waals surface area contributed by atoms with Crippen molar-refractivity contribution in [3.63, 3.8) is 0 Å². The van der Waals surface area contributed by atoms with Crippen molar-refractivity contribution < 1.29 is 9.53 Å². The first-order valence-corrected chi connectivity index (χ1v) is 7.82. The van der Waals surface area contributed by atoms with Gasteiger partial charge in [0.15, 0.2) is 5.96 Å². The van der Waals surface area contributed by atoms with E-state index >= 15 is 0 Å². The minimum Gasteiger partial charge on any atom is -0.469 e. The summed E-state index contributed by atoms with van der Waals surface area (Å²) in [5.41, 5.74) is 0. The summed E-state index contributed by atoms with van der Waals surface area (Å²) in [5, 5.41) is 10.6. The third-order valence-corrected chi connectivity index (χ3v) is 3.05. The van der Waals surface area contributed by atoms with Gasteiger partial charge >= 0.3 is 5.97 Å². The van der Waals surface area contributed by atoms with Crippen LogP contribution in [0.2, 0.25) is 0 Å². The van der Waals surface area contributed by atoms with E-state index in [4.69, 9.17) is 0 Å². The number of carbonyl (C=O) groups is 1. The van der Waals surface area contributed by atoms with Crippen molar-refractivity contribution >= 4 is 35.9 Å². The van der Waals surface area contributed by atoms with Crippen LogP contribution in [0.4, 0.5) is 0 Å². The highest BCUT2D eigenvalue weighted by Gasteiger charge is 2.00. The number of guanidine groups is 1. The average molecular weight is 437 g/mol. The summed E-state index contributed by atoms with van der Waals surface area (Å²) in [5.74, 6) is 0.667. The first-order valence-electron chi connectivity index (χ1n) is 7.82. The number of nitrogens with zero attached hydrogens (tertiary/aromatic N) is 3. The highest BCUT2D eigenvalue weighted by atomic mass is 127. The van der Waals surface area contributed by atoms with Gasteiger partial charge in [0.1, 0.15) is 0 Å². The largest absolute Gasteiger partial charge is 0.469 e. The second kappa shape index (κ2) is 14.3. The molecule has 0 bridgehead atoms. The Kier molecular flexibility index (Phi) is 13.5. The molecule has 8 heteroatoms. The fourth-order valence-electron chi connectivity index (χ4n) is 1.90. The molecule has 0 saturated heterocycles. The summed E-state index contributed by atoms with van der Waals surface area (Å²) in [6.07, 6.45) is 6.87. The quantitative estimate of drug-likeness (QED) is 0.192. The smallest absolute Gasteiger partial charge is 0.305 e. The van der Waals surface area contributed by atoms with Gasteiger partial charge in [0.25, 0.3) is 0 Å². The van der Waals surface area contributed by atoms with E-state index < -0.39 is 0 Å². The van der Waals surface area contributed by atoms with E-state index in [0.29, 0.717) is 6.42 Å². The van der Waals surface area contributed by atoms with Crippen LogP contribution in [0.3, 0.4) is 0 Å². The number of halogens is 1. The Bertz CT molecular complexity index is 437. The maximum atomic E-state index is 11.0. The topological polar surface area (TPSA) is 80.5 Å². The van der Waals surface area contributed by atoms with Crippen LogP contribution in [0.25, 0.3) is 0 Å². The van der Waals surface area contributed by atoms with Crippen LogP contribution in [0, 0.1) is 0 Å². The molecule has 1 rings (SSSR count). The van der Waals surface area contributed by atoms with Crippen molar-refractivity contribution in [2.75, 3.05) is 26.7 Å². The zero-order valence-corrected chi connectivity index (χ0v) is 16.3. The summed E-state index contributed by atoms with van der Waals surface area (Å²) in [6.45, 7) is 5.28. The molecule has 0 atom stereocenters. The fraction of sp³-hybridized carbons (Fsp3) is 0.667. The van der Waals surface area contributed by atoms with Crippen LogP contribution in [0.1, 0.15) is 32.6 Å². The van der Waals surface area contributed by atoms with E-state index in [1.807, 2.05) is 23.9 Å². The van der Waals surface area contributed by atoms with Gasteiger partial charge in [0.2, 0.25) is 0 Å². The fourth-order valence-corrected chi connectivity index (χ4v) is 1.90. The zero-order chi connectivity index (χ0) is 16.0. The lowest BCUT2D eigenvalue weighted by molar-refractivity contribution is -0.140. The molecular formula is C15H28IN5O2. The van der Waals surface area contributed by atoms with Gasteiger partial charge in [-0.15, -0.1) is 24.0 Å².